The van der Waals surface area contributed by atoms with Gasteiger partial charge in [0, 0.05) is 48.8 Å². The Kier molecular flexibility index (Phi) is 4.67. The maximum Gasteiger partial charge on any atom is 0.202 e. The summed E-state index contributed by atoms with van der Waals surface area (Å²) in [5, 5.41) is 2.75. The molecule has 0 atom stereocenters. The predicted molar refractivity (Wildman–Crippen MR) is 97.8 cm³/mol. The number of aromatic nitrogens is 2. The smallest absolute Gasteiger partial charge is 0.202 e. The fourth-order valence-electron chi connectivity index (χ4n) is 3.40. The minimum atomic E-state index is 1.02. The molecule has 0 saturated heterocycles. The van der Waals surface area contributed by atoms with Crippen molar-refractivity contribution in [1.29, 1.82) is 0 Å². The van der Waals surface area contributed by atoms with Crippen molar-refractivity contribution in [3.05, 3.63) is 42.2 Å². The average molecular weight is 310 g/mol. The molecule has 2 heterocycles. The molecule has 3 heteroatoms. The zero-order chi connectivity index (χ0) is 16.4. The van der Waals surface area contributed by atoms with Gasteiger partial charge in [-0.2, -0.15) is 0 Å². The number of rotatable bonds is 6. The summed E-state index contributed by atoms with van der Waals surface area (Å²) < 4.78 is 4.92. The van der Waals surface area contributed by atoms with Crippen LogP contribution in [-0.2, 0) is 13.1 Å². The molecular weight excluding hydrogens is 282 g/mol. The number of para-hydroxylation sites is 1. The lowest BCUT2D eigenvalue weighted by Gasteiger charge is -2.13. The summed E-state index contributed by atoms with van der Waals surface area (Å²) in [5.74, 6) is 0. The number of benzene rings is 1. The first-order chi connectivity index (χ1) is 11.1. The number of unbranched alkanes of at least 4 members (excludes halogenated alkanes) is 1. The summed E-state index contributed by atoms with van der Waals surface area (Å²) in [6.07, 6.45) is 4.72. The van der Waals surface area contributed by atoms with Crippen molar-refractivity contribution in [2.45, 2.75) is 39.8 Å². The van der Waals surface area contributed by atoms with Crippen LogP contribution in [0.4, 0.5) is 0 Å². The molecule has 3 nitrogen and oxygen atoms in total. The quantitative estimate of drug-likeness (QED) is 0.632. The number of hydrogen-bond donors (Lipinski definition) is 0. The van der Waals surface area contributed by atoms with Gasteiger partial charge in [-0.15, -0.1) is 0 Å². The summed E-state index contributed by atoms with van der Waals surface area (Å²) in [6, 6.07) is 11.1. The van der Waals surface area contributed by atoms with E-state index in [2.05, 4.69) is 78.5 Å². The molecule has 0 bridgehead atoms. The second-order valence-corrected chi connectivity index (χ2v) is 6.68. The van der Waals surface area contributed by atoms with Crippen molar-refractivity contribution in [1.82, 2.24) is 9.47 Å². The highest BCUT2D eigenvalue weighted by Crippen LogP contribution is 2.29. The largest absolute Gasteiger partial charge is 0.334 e. The normalized spacial score (nSPS) is 11.9. The predicted octanol–water partition coefficient (Wildman–Crippen LogP) is 3.75. The van der Waals surface area contributed by atoms with E-state index >= 15 is 0 Å². The average Bonchev–Trinajstić information content (AvgIpc) is 2.87. The van der Waals surface area contributed by atoms with Crippen LogP contribution in [-0.4, -0.2) is 30.1 Å². The molecular formula is C20H28N3+. The fraction of sp³-hybridized carbons (Fsp3) is 0.450. The van der Waals surface area contributed by atoms with Crippen LogP contribution in [0.15, 0.2) is 36.5 Å². The second-order valence-electron chi connectivity index (χ2n) is 6.68. The standard InChI is InChI=1S/C20H28N3/c1-5-6-12-22-13-11-18-17-9-7-8-10-19(17)23(15-14-21(3)4)20(18)16(22)2/h7-11,13H,5-6,12,14-15H2,1-4H3/q+1. The minimum Gasteiger partial charge on any atom is -0.334 e. The fourth-order valence-corrected chi connectivity index (χ4v) is 3.40. The highest BCUT2D eigenvalue weighted by Gasteiger charge is 2.18. The Balaban J connectivity index is 2.21. The monoisotopic (exact) mass is 310 g/mol. The Morgan fingerprint density at radius 2 is 1.87 bits per heavy atom. The number of aryl methyl sites for hydroxylation is 2. The van der Waals surface area contributed by atoms with Gasteiger partial charge in [-0.3, -0.25) is 0 Å². The summed E-state index contributed by atoms with van der Waals surface area (Å²) in [7, 11) is 4.28. The van der Waals surface area contributed by atoms with E-state index in [0.29, 0.717) is 0 Å². The van der Waals surface area contributed by atoms with Crippen molar-refractivity contribution in [3.8, 4) is 0 Å². The van der Waals surface area contributed by atoms with Crippen molar-refractivity contribution in [3.63, 3.8) is 0 Å². The van der Waals surface area contributed by atoms with E-state index in [1.54, 1.807) is 0 Å². The zero-order valence-electron chi connectivity index (χ0n) is 14.8. The Morgan fingerprint density at radius 1 is 1.09 bits per heavy atom. The van der Waals surface area contributed by atoms with Crippen molar-refractivity contribution in [2.75, 3.05) is 20.6 Å². The molecule has 0 aliphatic rings. The van der Waals surface area contributed by atoms with Crippen molar-refractivity contribution in [2.24, 2.45) is 0 Å². The van der Waals surface area contributed by atoms with Gasteiger partial charge in [-0.25, -0.2) is 4.57 Å². The Bertz CT molecular complexity index is 814. The molecule has 0 N–H and O–H groups in total. The van der Waals surface area contributed by atoms with Gasteiger partial charge >= 0.3 is 0 Å². The third-order valence-corrected chi connectivity index (χ3v) is 4.73. The second kappa shape index (κ2) is 6.71. The number of fused-ring (bicyclic) bond motifs is 3. The number of hydrogen-bond acceptors (Lipinski definition) is 1. The number of nitrogens with zero attached hydrogens (tertiary/aromatic N) is 3. The molecule has 122 valence electrons. The van der Waals surface area contributed by atoms with E-state index in [9.17, 15) is 0 Å². The maximum atomic E-state index is 2.50. The van der Waals surface area contributed by atoms with Gasteiger partial charge in [0.05, 0.1) is 0 Å². The molecule has 23 heavy (non-hydrogen) atoms. The maximum absolute atomic E-state index is 2.50. The molecule has 0 aliphatic heterocycles. The Labute approximate surface area is 139 Å². The van der Waals surface area contributed by atoms with Crippen LogP contribution < -0.4 is 4.57 Å². The minimum absolute atomic E-state index is 1.02. The van der Waals surface area contributed by atoms with Crippen LogP contribution >= 0.6 is 0 Å². The van der Waals surface area contributed by atoms with Gasteiger partial charge in [0.2, 0.25) is 5.69 Å². The lowest BCUT2D eigenvalue weighted by atomic mass is 10.1. The SMILES string of the molecule is CCCC[n+]1ccc2c3ccccc3n(CCN(C)C)c2c1C. The molecule has 0 aliphatic carbocycles. The van der Waals surface area contributed by atoms with E-state index < -0.39 is 0 Å². The van der Waals surface area contributed by atoms with Gasteiger partial charge < -0.3 is 9.47 Å². The first kappa shape index (κ1) is 16.0. The Hall–Kier alpha value is -1.87. The summed E-state index contributed by atoms with van der Waals surface area (Å²) in [4.78, 5) is 2.25. The molecule has 1 aromatic carbocycles. The molecule has 0 amide bonds. The van der Waals surface area contributed by atoms with Gasteiger partial charge in [-0.05, 0) is 20.2 Å². The molecule has 3 rings (SSSR count). The van der Waals surface area contributed by atoms with Crippen molar-refractivity contribution < 1.29 is 4.57 Å². The van der Waals surface area contributed by atoms with E-state index in [4.69, 9.17) is 0 Å². The third kappa shape index (κ3) is 2.98. The van der Waals surface area contributed by atoms with Crippen LogP contribution in [0, 0.1) is 6.92 Å². The molecule has 2 aromatic heterocycles. The van der Waals surface area contributed by atoms with Crippen LogP contribution in [0.3, 0.4) is 0 Å². The third-order valence-electron chi connectivity index (χ3n) is 4.73. The molecule has 0 saturated carbocycles. The molecule has 0 spiro atoms. The molecule has 0 fully saturated rings. The zero-order valence-corrected chi connectivity index (χ0v) is 14.8. The topological polar surface area (TPSA) is 12.0 Å². The van der Waals surface area contributed by atoms with E-state index in [-0.39, 0.29) is 0 Å². The van der Waals surface area contributed by atoms with E-state index in [0.717, 1.165) is 19.6 Å². The molecule has 0 unspecified atom stereocenters. The first-order valence-electron chi connectivity index (χ1n) is 8.68. The number of pyridine rings is 1. The lowest BCUT2D eigenvalue weighted by Crippen LogP contribution is -2.37. The van der Waals surface area contributed by atoms with E-state index in [1.165, 1.54) is 40.3 Å². The van der Waals surface area contributed by atoms with Crippen LogP contribution in [0.2, 0.25) is 0 Å². The highest BCUT2D eigenvalue weighted by molar-refractivity contribution is 6.08. The van der Waals surface area contributed by atoms with E-state index in [1.807, 2.05) is 0 Å². The summed E-state index contributed by atoms with van der Waals surface area (Å²) in [5.41, 5.74) is 4.12. The highest BCUT2D eigenvalue weighted by atomic mass is 15.1. The first-order valence-corrected chi connectivity index (χ1v) is 8.68. The van der Waals surface area contributed by atoms with Crippen LogP contribution in [0.1, 0.15) is 25.5 Å². The van der Waals surface area contributed by atoms with Gasteiger partial charge in [-0.1, -0.05) is 31.5 Å². The Morgan fingerprint density at radius 3 is 2.61 bits per heavy atom. The summed E-state index contributed by atoms with van der Waals surface area (Å²) in [6.45, 7) is 7.70. The number of likely N-dealkylation sites (N-methyl/N-ethyl adjacent to an activating group) is 1. The molecule has 3 aromatic rings. The van der Waals surface area contributed by atoms with Gasteiger partial charge in [0.25, 0.3) is 0 Å². The van der Waals surface area contributed by atoms with Crippen LogP contribution in [0.25, 0.3) is 21.8 Å². The van der Waals surface area contributed by atoms with Gasteiger partial charge in [0.1, 0.15) is 12.1 Å². The van der Waals surface area contributed by atoms with Crippen LogP contribution in [0.5, 0.6) is 0 Å². The summed E-state index contributed by atoms with van der Waals surface area (Å²) >= 11 is 0. The van der Waals surface area contributed by atoms with Crippen molar-refractivity contribution >= 4 is 21.8 Å². The van der Waals surface area contributed by atoms with Gasteiger partial charge in [0.15, 0.2) is 6.20 Å². The lowest BCUT2D eigenvalue weighted by molar-refractivity contribution is -0.701. The molecule has 0 radical (unpaired) electrons.